The maximum Gasteiger partial charge on any atom is 0.0949 e. The summed E-state index contributed by atoms with van der Waals surface area (Å²) < 4.78 is 0.341. The number of halogens is 2. The SMILES string of the molecule is NCc1nc2c(nc1-c1ccccc1Cl)C(I)CC=C2. The number of hydrogen-bond donors (Lipinski definition) is 1. The Bertz CT molecular complexity index is 685. The summed E-state index contributed by atoms with van der Waals surface area (Å²) >= 11 is 8.68. The van der Waals surface area contributed by atoms with Crippen LogP contribution >= 0.6 is 34.2 Å². The molecule has 20 heavy (non-hydrogen) atoms. The predicted molar refractivity (Wildman–Crippen MR) is 90.8 cm³/mol. The highest BCUT2D eigenvalue weighted by Gasteiger charge is 2.21. The Hall–Kier alpha value is -0.980. The van der Waals surface area contributed by atoms with Crippen molar-refractivity contribution in [3.63, 3.8) is 0 Å². The fraction of sp³-hybridized carbons (Fsp3) is 0.200. The molecule has 0 spiro atoms. The molecule has 0 bridgehead atoms. The van der Waals surface area contributed by atoms with Gasteiger partial charge < -0.3 is 5.73 Å². The minimum absolute atomic E-state index is 0.341. The lowest BCUT2D eigenvalue weighted by atomic mass is 10.0. The van der Waals surface area contributed by atoms with Crippen LogP contribution in [0.15, 0.2) is 30.3 Å². The number of allylic oxidation sites excluding steroid dienone is 1. The molecule has 1 atom stereocenters. The van der Waals surface area contributed by atoms with Crippen molar-refractivity contribution >= 4 is 40.3 Å². The second kappa shape index (κ2) is 5.79. The lowest BCUT2D eigenvalue weighted by molar-refractivity contribution is 0.874. The van der Waals surface area contributed by atoms with E-state index in [-0.39, 0.29) is 0 Å². The molecule has 2 N–H and O–H groups in total. The third kappa shape index (κ3) is 2.47. The van der Waals surface area contributed by atoms with Crippen LogP contribution in [0.1, 0.15) is 27.4 Å². The van der Waals surface area contributed by atoms with Gasteiger partial charge in [-0.15, -0.1) is 0 Å². The van der Waals surface area contributed by atoms with E-state index in [1.165, 1.54) is 0 Å². The minimum atomic E-state index is 0.341. The van der Waals surface area contributed by atoms with Crippen LogP contribution in [-0.4, -0.2) is 9.97 Å². The molecule has 1 unspecified atom stereocenters. The molecule has 1 aromatic carbocycles. The molecule has 3 nitrogen and oxygen atoms in total. The monoisotopic (exact) mass is 397 g/mol. The van der Waals surface area contributed by atoms with Gasteiger partial charge in [0, 0.05) is 12.1 Å². The number of nitrogens with two attached hydrogens (primary N) is 1. The second-order valence-corrected chi connectivity index (χ2v) is 6.49. The molecule has 3 rings (SSSR count). The number of fused-ring (bicyclic) bond motifs is 1. The van der Waals surface area contributed by atoms with Gasteiger partial charge in [0.2, 0.25) is 0 Å². The Morgan fingerprint density at radius 1 is 1.30 bits per heavy atom. The van der Waals surface area contributed by atoms with Crippen LogP contribution in [0, 0.1) is 0 Å². The van der Waals surface area contributed by atoms with Crippen LogP contribution in [0.2, 0.25) is 5.02 Å². The van der Waals surface area contributed by atoms with E-state index in [2.05, 4.69) is 33.7 Å². The van der Waals surface area contributed by atoms with Gasteiger partial charge in [-0.1, -0.05) is 58.5 Å². The van der Waals surface area contributed by atoms with Gasteiger partial charge in [-0.25, -0.2) is 9.97 Å². The van der Waals surface area contributed by atoms with Crippen molar-refractivity contribution < 1.29 is 0 Å². The normalized spacial score (nSPS) is 17.1. The number of benzene rings is 1. The van der Waals surface area contributed by atoms with Gasteiger partial charge in [0.25, 0.3) is 0 Å². The van der Waals surface area contributed by atoms with E-state index in [4.69, 9.17) is 22.3 Å². The number of hydrogen-bond acceptors (Lipinski definition) is 3. The minimum Gasteiger partial charge on any atom is -0.325 e. The highest BCUT2D eigenvalue weighted by molar-refractivity contribution is 14.1. The maximum absolute atomic E-state index is 6.28. The first-order valence-corrected chi connectivity index (χ1v) is 7.99. The summed E-state index contributed by atoms with van der Waals surface area (Å²) in [7, 11) is 0. The van der Waals surface area contributed by atoms with Gasteiger partial charge in [0.1, 0.15) is 0 Å². The molecule has 0 saturated heterocycles. The van der Waals surface area contributed by atoms with Crippen molar-refractivity contribution in [3.05, 3.63) is 52.4 Å². The van der Waals surface area contributed by atoms with E-state index in [1.54, 1.807) is 0 Å². The van der Waals surface area contributed by atoms with E-state index in [0.717, 1.165) is 34.8 Å². The van der Waals surface area contributed by atoms with Crippen LogP contribution in [0.25, 0.3) is 17.3 Å². The van der Waals surface area contributed by atoms with Crippen molar-refractivity contribution in [3.8, 4) is 11.3 Å². The number of alkyl halides is 1. The van der Waals surface area contributed by atoms with Gasteiger partial charge in [-0.05, 0) is 18.6 Å². The Labute approximate surface area is 136 Å². The van der Waals surface area contributed by atoms with E-state index in [9.17, 15) is 0 Å². The quantitative estimate of drug-likeness (QED) is 0.612. The zero-order valence-corrected chi connectivity index (χ0v) is 13.6. The Balaban J connectivity index is 2.23. The maximum atomic E-state index is 6.28. The summed E-state index contributed by atoms with van der Waals surface area (Å²) in [4.78, 5) is 9.47. The van der Waals surface area contributed by atoms with Gasteiger partial charge >= 0.3 is 0 Å². The summed E-state index contributed by atoms with van der Waals surface area (Å²) in [6.45, 7) is 0.348. The van der Waals surface area contributed by atoms with Crippen molar-refractivity contribution in [2.75, 3.05) is 0 Å². The highest BCUT2D eigenvalue weighted by atomic mass is 127. The zero-order valence-electron chi connectivity index (χ0n) is 10.7. The topological polar surface area (TPSA) is 51.8 Å². The summed E-state index contributed by atoms with van der Waals surface area (Å²) in [5.74, 6) is 0. The highest BCUT2D eigenvalue weighted by Crippen LogP contribution is 2.36. The summed E-state index contributed by atoms with van der Waals surface area (Å²) in [5, 5.41) is 0.674. The van der Waals surface area contributed by atoms with E-state index in [1.807, 2.05) is 30.3 Å². The first kappa shape index (κ1) is 14.0. The van der Waals surface area contributed by atoms with Gasteiger partial charge in [0.05, 0.1) is 31.7 Å². The summed E-state index contributed by atoms with van der Waals surface area (Å²) in [6, 6.07) is 7.67. The molecule has 5 heteroatoms. The second-order valence-electron chi connectivity index (χ2n) is 4.58. The molecule has 0 radical (unpaired) electrons. The number of rotatable bonds is 2. The first-order valence-electron chi connectivity index (χ1n) is 6.37. The molecule has 1 aliphatic carbocycles. The van der Waals surface area contributed by atoms with Crippen molar-refractivity contribution in [1.29, 1.82) is 0 Å². The standard InChI is InChI=1S/C15H13ClIN3/c16-10-5-2-1-4-9(10)14-13(8-18)19-12-7-3-6-11(17)15(12)20-14/h1-5,7,11H,6,8,18H2. The molecule has 2 aromatic rings. The smallest absolute Gasteiger partial charge is 0.0949 e. The average Bonchev–Trinajstić information content (AvgIpc) is 2.47. The number of aromatic nitrogens is 2. The number of nitrogens with zero attached hydrogens (tertiary/aromatic N) is 2. The molecule has 0 saturated carbocycles. The Kier molecular flexibility index (Phi) is 4.05. The van der Waals surface area contributed by atoms with Crippen LogP contribution < -0.4 is 5.73 Å². The van der Waals surface area contributed by atoms with Crippen molar-refractivity contribution in [1.82, 2.24) is 9.97 Å². The van der Waals surface area contributed by atoms with E-state index < -0.39 is 0 Å². The van der Waals surface area contributed by atoms with Crippen molar-refractivity contribution in [2.24, 2.45) is 5.73 Å². The molecule has 0 amide bonds. The zero-order chi connectivity index (χ0) is 14.1. The fourth-order valence-corrected chi connectivity index (χ4v) is 3.25. The molecule has 102 valence electrons. The summed E-state index contributed by atoms with van der Waals surface area (Å²) in [6.07, 6.45) is 5.13. The Morgan fingerprint density at radius 3 is 2.85 bits per heavy atom. The molecular weight excluding hydrogens is 385 g/mol. The summed E-state index contributed by atoms with van der Waals surface area (Å²) in [5.41, 5.74) is 10.2. The van der Waals surface area contributed by atoms with Crippen LogP contribution in [0.3, 0.4) is 0 Å². The first-order chi connectivity index (χ1) is 9.70. The lowest BCUT2D eigenvalue weighted by Gasteiger charge is -2.18. The molecule has 1 heterocycles. The molecule has 0 fully saturated rings. The van der Waals surface area contributed by atoms with Gasteiger partial charge in [0.15, 0.2) is 0 Å². The molecule has 1 aromatic heterocycles. The van der Waals surface area contributed by atoms with Gasteiger partial charge in [-0.3, -0.25) is 0 Å². The Morgan fingerprint density at radius 2 is 2.10 bits per heavy atom. The third-order valence-corrected chi connectivity index (χ3v) is 4.69. The van der Waals surface area contributed by atoms with Crippen molar-refractivity contribution in [2.45, 2.75) is 16.9 Å². The van der Waals surface area contributed by atoms with Crippen LogP contribution in [0.5, 0.6) is 0 Å². The predicted octanol–water partition coefficient (Wildman–Crippen LogP) is 4.15. The average molecular weight is 398 g/mol. The largest absolute Gasteiger partial charge is 0.325 e. The van der Waals surface area contributed by atoms with Crippen LogP contribution in [0.4, 0.5) is 0 Å². The van der Waals surface area contributed by atoms with Gasteiger partial charge in [-0.2, -0.15) is 0 Å². The lowest BCUT2D eigenvalue weighted by Crippen LogP contribution is -2.11. The van der Waals surface area contributed by atoms with Crippen LogP contribution in [-0.2, 0) is 6.54 Å². The fourth-order valence-electron chi connectivity index (χ4n) is 2.27. The third-order valence-electron chi connectivity index (χ3n) is 3.26. The molecule has 1 aliphatic rings. The molecule has 0 aliphatic heterocycles. The molecular formula is C15H13ClIN3. The van der Waals surface area contributed by atoms with E-state index in [0.29, 0.717) is 15.5 Å². The van der Waals surface area contributed by atoms with E-state index >= 15 is 0 Å².